The Morgan fingerprint density at radius 1 is 1.17 bits per heavy atom. The van der Waals surface area contributed by atoms with E-state index in [1.54, 1.807) is 12.3 Å². The Bertz CT molecular complexity index is 841. The van der Waals surface area contributed by atoms with Gasteiger partial charge < -0.3 is 0 Å². The Morgan fingerprint density at radius 2 is 1.91 bits per heavy atom. The summed E-state index contributed by atoms with van der Waals surface area (Å²) in [5.74, 6) is 5.53. The van der Waals surface area contributed by atoms with E-state index in [4.69, 9.17) is 5.84 Å². The third-order valence-corrected chi connectivity index (χ3v) is 3.36. The van der Waals surface area contributed by atoms with E-state index < -0.39 is 5.69 Å². The van der Waals surface area contributed by atoms with E-state index in [0.717, 1.165) is 5.56 Å². The fourth-order valence-electron chi connectivity index (χ4n) is 2.19. The molecule has 0 saturated heterocycles. The summed E-state index contributed by atoms with van der Waals surface area (Å²) in [6, 6.07) is 3.63. The molecule has 2 aliphatic rings. The van der Waals surface area contributed by atoms with Crippen LogP contribution in [0.4, 0.5) is 5.95 Å². The van der Waals surface area contributed by atoms with Crippen LogP contribution in [0.1, 0.15) is 12.0 Å². The van der Waals surface area contributed by atoms with Crippen LogP contribution in [0.2, 0.25) is 0 Å². The predicted octanol–water partition coefficient (Wildman–Crippen LogP) is 1.63. The summed E-state index contributed by atoms with van der Waals surface area (Å²) in [7, 11) is 0. The lowest BCUT2D eigenvalue weighted by atomic mass is 10.3. The first kappa shape index (κ1) is 14.9. The topological polar surface area (TPSA) is 110 Å². The number of nitrogens with zero attached hydrogens (tertiary/aromatic N) is 3. The van der Waals surface area contributed by atoms with Gasteiger partial charge in [-0.3, -0.25) is 15.4 Å². The van der Waals surface area contributed by atoms with E-state index in [1.165, 1.54) is 17.6 Å². The minimum atomic E-state index is -0.527. The zero-order chi connectivity index (χ0) is 16.2. The molecule has 2 heterocycles. The molecule has 0 atom stereocenters. The van der Waals surface area contributed by atoms with E-state index in [1.807, 2.05) is 13.0 Å². The number of aromatic nitrogens is 4. The van der Waals surface area contributed by atoms with Gasteiger partial charge in [0, 0.05) is 6.20 Å². The largest absolute Gasteiger partial charge is 0.349 e. The molecule has 0 aliphatic heterocycles. The minimum absolute atomic E-state index is 0.0566. The SMILES string of the molecule is C1=CC2=CC=C1C2.Cc1ccc(-c2nc(NN)nc(=O)[nH]2)nc1. The summed E-state index contributed by atoms with van der Waals surface area (Å²) >= 11 is 0. The molecule has 2 aromatic rings. The maximum absolute atomic E-state index is 11.2. The Balaban J connectivity index is 0.000000183. The Kier molecular flexibility index (Phi) is 4.11. The van der Waals surface area contributed by atoms with Gasteiger partial charge in [-0.15, -0.1) is 0 Å². The molecule has 0 amide bonds. The van der Waals surface area contributed by atoms with Crippen molar-refractivity contribution in [3.8, 4) is 11.5 Å². The molecule has 7 nitrogen and oxygen atoms in total. The first-order valence-corrected chi connectivity index (χ1v) is 7.10. The standard InChI is InChI=1S/C9H10N6O.C7H6/c1-5-2-3-6(11-4-5)7-12-8(15-10)14-9(16)13-7;1-2-7-4-3-6(1)5-7/h2-4H,10H2,1H3,(H2,12,13,14,15,16);1-4H,5H2. The van der Waals surface area contributed by atoms with Crippen molar-refractivity contribution in [1.29, 1.82) is 0 Å². The number of hydrogen-bond donors (Lipinski definition) is 3. The molecule has 0 unspecified atom stereocenters. The number of anilines is 1. The smallest absolute Gasteiger partial charge is 0.292 e. The van der Waals surface area contributed by atoms with Gasteiger partial charge >= 0.3 is 5.69 Å². The van der Waals surface area contributed by atoms with Crippen LogP contribution in [0.15, 0.2) is 58.6 Å². The van der Waals surface area contributed by atoms with Crippen molar-refractivity contribution >= 4 is 5.95 Å². The van der Waals surface area contributed by atoms with E-state index in [2.05, 4.69) is 49.7 Å². The Labute approximate surface area is 132 Å². The number of nitrogens with one attached hydrogen (secondary N) is 2. The van der Waals surface area contributed by atoms with Gasteiger partial charge in [0.05, 0.1) is 0 Å². The number of rotatable bonds is 2. The van der Waals surface area contributed by atoms with Gasteiger partial charge in [-0.25, -0.2) is 10.6 Å². The number of aromatic amines is 1. The number of hydrazine groups is 1. The number of fused-ring (bicyclic) bond motifs is 2. The quantitative estimate of drug-likeness (QED) is 0.574. The summed E-state index contributed by atoms with van der Waals surface area (Å²) in [6.45, 7) is 1.92. The lowest BCUT2D eigenvalue weighted by Gasteiger charge is -2.02. The lowest BCUT2D eigenvalue weighted by Crippen LogP contribution is -2.19. The van der Waals surface area contributed by atoms with Crippen molar-refractivity contribution in [2.75, 3.05) is 5.43 Å². The number of aryl methyl sites for hydroxylation is 1. The minimum Gasteiger partial charge on any atom is -0.292 e. The molecular formula is C16H16N6O. The number of H-pyrrole nitrogens is 1. The highest BCUT2D eigenvalue weighted by Gasteiger charge is 2.08. The third-order valence-electron chi connectivity index (χ3n) is 3.36. The van der Waals surface area contributed by atoms with Crippen molar-refractivity contribution in [1.82, 2.24) is 19.9 Å². The number of nitrogens with two attached hydrogens (primary N) is 1. The van der Waals surface area contributed by atoms with Crippen LogP contribution in [0, 0.1) is 6.92 Å². The van der Waals surface area contributed by atoms with Gasteiger partial charge in [0.25, 0.3) is 0 Å². The molecule has 2 aliphatic carbocycles. The number of hydrogen-bond acceptors (Lipinski definition) is 6. The first-order chi connectivity index (χ1) is 11.1. The highest BCUT2D eigenvalue weighted by Crippen LogP contribution is 2.27. The van der Waals surface area contributed by atoms with Crippen molar-refractivity contribution < 1.29 is 0 Å². The van der Waals surface area contributed by atoms with Gasteiger partial charge in [-0.1, -0.05) is 30.4 Å². The summed E-state index contributed by atoms with van der Waals surface area (Å²) in [5.41, 5.74) is 6.21. The molecule has 7 heteroatoms. The van der Waals surface area contributed by atoms with Crippen molar-refractivity contribution in [3.63, 3.8) is 0 Å². The monoisotopic (exact) mass is 308 g/mol. The van der Waals surface area contributed by atoms with Crippen LogP contribution in [0.5, 0.6) is 0 Å². The van der Waals surface area contributed by atoms with E-state index in [-0.39, 0.29) is 5.95 Å². The van der Waals surface area contributed by atoms with E-state index >= 15 is 0 Å². The van der Waals surface area contributed by atoms with Crippen molar-refractivity contribution in [2.24, 2.45) is 5.84 Å². The van der Waals surface area contributed by atoms with Gasteiger partial charge in [-0.2, -0.15) is 9.97 Å². The maximum Gasteiger partial charge on any atom is 0.349 e. The van der Waals surface area contributed by atoms with E-state index in [9.17, 15) is 4.79 Å². The fraction of sp³-hybridized carbons (Fsp3) is 0.125. The number of pyridine rings is 1. The van der Waals surface area contributed by atoms with E-state index in [0.29, 0.717) is 11.5 Å². The first-order valence-electron chi connectivity index (χ1n) is 7.10. The van der Waals surface area contributed by atoms with Crippen LogP contribution < -0.4 is 17.0 Å². The van der Waals surface area contributed by atoms with Crippen LogP contribution >= 0.6 is 0 Å². The molecule has 116 valence electrons. The van der Waals surface area contributed by atoms with Gasteiger partial charge in [0.15, 0.2) is 5.82 Å². The molecule has 4 N–H and O–H groups in total. The molecule has 0 fully saturated rings. The summed E-state index contributed by atoms with van der Waals surface area (Å²) < 4.78 is 0. The second kappa shape index (κ2) is 6.37. The summed E-state index contributed by atoms with van der Waals surface area (Å²) in [4.78, 5) is 25.3. The fourth-order valence-corrected chi connectivity index (χ4v) is 2.19. The second-order valence-electron chi connectivity index (χ2n) is 5.18. The molecule has 0 radical (unpaired) electrons. The molecule has 4 rings (SSSR count). The summed E-state index contributed by atoms with van der Waals surface area (Å²) in [5, 5.41) is 0. The zero-order valence-electron chi connectivity index (χ0n) is 12.6. The van der Waals surface area contributed by atoms with Gasteiger partial charge in [-0.05, 0) is 36.1 Å². The number of nitrogen functional groups attached to an aromatic ring is 1. The molecule has 0 aromatic carbocycles. The van der Waals surface area contributed by atoms with Crippen LogP contribution in [0.3, 0.4) is 0 Å². The molecule has 2 aromatic heterocycles. The molecule has 0 saturated carbocycles. The van der Waals surface area contributed by atoms with Gasteiger partial charge in [0.1, 0.15) is 5.69 Å². The predicted molar refractivity (Wildman–Crippen MR) is 88.4 cm³/mol. The normalized spacial score (nSPS) is 14.0. The third kappa shape index (κ3) is 3.58. The molecule has 2 bridgehead atoms. The van der Waals surface area contributed by atoms with Crippen LogP contribution in [-0.2, 0) is 0 Å². The summed E-state index contributed by atoms with van der Waals surface area (Å²) in [6.07, 6.45) is 11.6. The van der Waals surface area contributed by atoms with Crippen molar-refractivity contribution in [2.45, 2.75) is 13.3 Å². The average molecular weight is 308 g/mol. The molecule has 0 spiro atoms. The highest BCUT2D eigenvalue weighted by atomic mass is 16.1. The average Bonchev–Trinajstić information content (AvgIpc) is 3.21. The van der Waals surface area contributed by atoms with Gasteiger partial charge in [0.2, 0.25) is 5.95 Å². The Morgan fingerprint density at radius 3 is 2.39 bits per heavy atom. The Hall–Kier alpha value is -3.06. The molecular weight excluding hydrogens is 292 g/mol. The zero-order valence-corrected chi connectivity index (χ0v) is 12.6. The lowest BCUT2D eigenvalue weighted by molar-refractivity contribution is 0.976. The molecule has 23 heavy (non-hydrogen) atoms. The highest BCUT2D eigenvalue weighted by molar-refractivity contribution is 5.50. The number of allylic oxidation sites excluding steroid dienone is 6. The van der Waals surface area contributed by atoms with Crippen LogP contribution in [-0.4, -0.2) is 19.9 Å². The van der Waals surface area contributed by atoms with Crippen LogP contribution in [0.25, 0.3) is 11.5 Å². The second-order valence-corrected chi connectivity index (χ2v) is 5.18. The maximum atomic E-state index is 11.2. The van der Waals surface area contributed by atoms with Crippen molar-refractivity contribution in [3.05, 3.63) is 69.8 Å².